The Labute approximate surface area is 148 Å². The van der Waals surface area contributed by atoms with Gasteiger partial charge < -0.3 is 10.1 Å². The fourth-order valence-corrected chi connectivity index (χ4v) is 2.38. The minimum Gasteiger partial charge on any atom is -0.496 e. The van der Waals surface area contributed by atoms with Gasteiger partial charge in [0.25, 0.3) is 0 Å². The summed E-state index contributed by atoms with van der Waals surface area (Å²) in [6.45, 7) is 7.54. The molecule has 0 unspecified atom stereocenters. The van der Waals surface area contributed by atoms with E-state index in [0.29, 0.717) is 22.8 Å². The van der Waals surface area contributed by atoms with Crippen LogP contribution in [0, 0.1) is 5.41 Å². The number of aldehydes is 1. The van der Waals surface area contributed by atoms with Crippen LogP contribution in [0.15, 0.2) is 30.3 Å². The maximum absolute atomic E-state index is 12.2. The third-order valence-electron chi connectivity index (χ3n) is 3.92. The summed E-state index contributed by atoms with van der Waals surface area (Å²) in [6.07, 6.45) is 1.56. The lowest BCUT2D eigenvalue weighted by atomic mass is 9.96. The zero-order chi connectivity index (χ0) is 18.6. The molecule has 1 aromatic heterocycles. The first-order valence-electron chi connectivity index (χ1n) is 8.25. The summed E-state index contributed by atoms with van der Waals surface area (Å²) in [5, 5.41) is 2.83. The number of aryl methyl sites for hydroxylation is 1. The van der Waals surface area contributed by atoms with E-state index in [2.05, 4.69) is 10.3 Å². The van der Waals surface area contributed by atoms with E-state index >= 15 is 0 Å². The molecule has 0 atom stereocenters. The van der Waals surface area contributed by atoms with Gasteiger partial charge in [-0.2, -0.15) is 0 Å². The van der Waals surface area contributed by atoms with Crippen LogP contribution in [0.3, 0.4) is 0 Å². The molecular formula is C20H24N2O3. The van der Waals surface area contributed by atoms with Crippen LogP contribution in [-0.4, -0.2) is 24.3 Å². The van der Waals surface area contributed by atoms with Crippen LogP contribution < -0.4 is 10.1 Å². The van der Waals surface area contributed by atoms with Gasteiger partial charge in [0, 0.05) is 16.5 Å². The van der Waals surface area contributed by atoms with Crippen LogP contribution in [-0.2, 0) is 11.2 Å². The Morgan fingerprint density at radius 2 is 2.00 bits per heavy atom. The number of hydrogen-bond acceptors (Lipinski definition) is 4. The number of methoxy groups -OCH3 is 1. The molecule has 25 heavy (non-hydrogen) atoms. The molecule has 0 spiro atoms. The molecule has 132 valence electrons. The molecule has 1 aromatic carbocycles. The number of nitrogens with zero attached hydrogens (tertiary/aromatic N) is 1. The Morgan fingerprint density at radius 1 is 1.28 bits per heavy atom. The normalized spacial score (nSPS) is 11.1. The lowest BCUT2D eigenvalue weighted by Crippen LogP contribution is -2.28. The predicted molar refractivity (Wildman–Crippen MR) is 99.1 cm³/mol. The van der Waals surface area contributed by atoms with Gasteiger partial charge >= 0.3 is 0 Å². The van der Waals surface area contributed by atoms with Gasteiger partial charge in [-0.1, -0.05) is 33.8 Å². The second kappa shape index (κ2) is 7.47. The van der Waals surface area contributed by atoms with Crippen LogP contribution in [0.2, 0.25) is 0 Å². The maximum Gasteiger partial charge on any atom is 0.230 e. The minimum atomic E-state index is -0.504. The highest BCUT2D eigenvalue weighted by atomic mass is 16.5. The number of aromatic nitrogens is 1. The van der Waals surface area contributed by atoms with Crippen LogP contribution in [0.5, 0.6) is 5.75 Å². The molecule has 0 bridgehead atoms. The Kier molecular flexibility index (Phi) is 5.57. The zero-order valence-electron chi connectivity index (χ0n) is 15.3. The molecule has 1 heterocycles. The molecule has 0 aliphatic carbocycles. The second-order valence-corrected chi connectivity index (χ2v) is 6.83. The van der Waals surface area contributed by atoms with Crippen molar-refractivity contribution in [1.29, 1.82) is 0 Å². The van der Waals surface area contributed by atoms with Crippen molar-refractivity contribution < 1.29 is 14.3 Å². The molecule has 0 fully saturated rings. The van der Waals surface area contributed by atoms with Crippen molar-refractivity contribution >= 4 is 18.0 Å². The fraction of sp³-hybridized carbons (Fsp3) is 0.350. The average Bonchev–Trinajstić information content (AvgIpc) is 2.59. The number of carbonyl (C=O) groups is 2. The summed E-state index contributed by atoms with van der Waals surface area (Å²) in [6, 6.07) is 9.08. The number of anilines is 1. The lowest BCUT2D eigenvalue weighted by molar-refractivity contribution is -0.123. The van der Waals surface area contributed by atoms with E-state index in [0.717, 1.165) is 23.8 Å². The average molecular weight is 340 g/mol. The van der Waals surface area contributed by atoms with E-state index in [-0.39, 0.29) is 5.91 Å². The summed E-state index contributed by atoms with van der Waals surface area (Å²) in [7, 11) is 1.56. The van der Waals surface area contributed by atoms with E-state index in [1.165, 1.54) is 0 Å². The molecule has 1 N–H and O–H groups in total. The molecule has 0 saturated carbocycles. The molecule has 5 heteroatoms. The Bertz CT molecular complexity index is 792. The molecule has 1 amide bonds. The summed E-state index contributed by atoms with van der Waals surface area (Å²) in [5.41, 5.74) is 2.50. The molecule has 0 saturated heterocycles. The number of pyridine rings is 1. The maximum atomic E-state index is 12.2. The lowest BCUT2D eigenvalue weighted by Gasteiger charge is -2.18. The minimum absolute atomic E-state index is 0.102. The number of hydrogen-bond donors (Lipinski definition) is 1. The largest absolute Gasteiger partial charge is 0.496 e. The van der Waals surface area contributed by atoms with Crippen molar-refractivity contribution in [2.24, 2.45) is 5.41 Å². The van der Waals surface area contributed by atoms with Crippen molar-refractivity contribution in [3.63, 3.8) is 0 Å². The first kappa shape index (κ1) is 18.6. The van der Waals surface area contributed by atoms with Crippen LogP contribution in [0.4, 0.5) is 5.82 Å². The molecule has 0 aliphatic heterocycles. The summed E-state index contributed by atoms with van der Waals surface area (Å²) in [4.78, 5) is 28.0. The fourth-order valence-electron chi connectivity index (χ4n) is 2.38. The van der Waals surface area contributed by atoms with Gasteiger partial charge in [-0.15, -0.1) is 0 Å². The van der Waals surface area contributed by atoms with E-state index in [4.69, 9.17) is 4.74 Å². The van der Waals surface area contributed by atoms with Crippen molar-refractivity contribution in [2.45, 2.75) is 34.1 Å². The first-order valence-corrected chi connectivity index (χ1v) is 8.25. The van der Waals surface area contributed by atoms with E-state index in [1.807, 2.05) is 45.9 Å². The van der Waals surface area contributed by atoms with Crippen molar-refractivity contribution in [3.8, 4) is 17.0 Å². The Morgan fingerprint density at radius 3 is 2.56 bits per heavy atom. The monoisotopic (exact) mass is 340 g/mol. The third kappa shape index (κ3) is 4.24. The van der Waals surface area contributed by atoms with Gasteiger partial charge in [0.1, 0.15) is 17.9 Å². The van der Waals surface area contributed by atoms with Crippen LogP contribution in [0.1, 0.15) is 43.6 Å². The van der Waals surface area contributed by atoms with Crippen molar-refractivity contribution in [3.05, 3.63) is 41.5 Å². The summed E-state index contributed by atoms with van der Waals surface area (Å²) < 4.78 is 5.43. The Hall–Kier alpha value is -2.69. The van der Waals surface area contributed by atoms with Gasteiger partial charge in [0.05, 0.1) is 12.8 Å². The number of ether oxygens (including phenoxy) is 1. The first-order chi connectivity index (χ1) is 11.8. The number of carbonyl (C=O) groups excluding carboxylic acids is 2. The molecular weight excluding hydrogens is 316 g/mol. The quantitative estimate of drug-likeness (QED) is 0.832. The molecule has 5 nitrogen and oxygen atoms in total. The molecule has 2 rings (SSSR count). The van der Waals surface area contributed by atoms with Crippen molar-refractivity contribution in [2.75, 3.05) is 12.4 Å². The van der Waals surface area contributed by atoms with Gasteiger partial charge in [-0.05, 0) is 36.2 Å². The highest BCUT2D eigenvalue weighted by Gasteiger charge is 2.22. The van der Waals surface area contributed by atoms with E-state index in [9.17, 15) is 9.59 Å². The van der Waals surface area contributed by atoms with Gasteiger partial charge in [-0.25, -0.2) is 4.98 Å². The van der Waals surface area contributed by atoms with Gasteiger partial charge in [0.15, 0.2) is 0 Å². The highest BCUT2D eigenvalue weighted by molar-refractivity contribution is 5.94. The van der Waals surface area contributed by atoms with E-state index in [1.54, 1.807) is 19.2 Å². The molecule has 0 aliphatic rings. The molecule has 0 radical (unpaired) electrons. The number of amides is 1. The van der Waals surface area contributed by atoms with Crippen LogP contribution in [0.25, 0.3) is 11.3 Å². The smallest absolute Gasteiger partial charge is 0.230 e. The van der Waals surface area contributed by atoms with Crippen molar-refractivity contribution in [1.82, 2.24) is 4.98 Å². The van der Waals surface area contributed by atoms with Gasteiger partial charge in [-0.3, -0.25) is 9.59 Å². The zero-order valence-corrected chi connectivity index (χ0v) is 15.3. The second-order valence-electron chi connectivity index (χ2n) is 6.83. The van der Waals surface area contributed by atoms with Gasteiger partial charge in [0.2, 0.25) is 5.91 Å². The van der Waals surface area contributed by atoms with E-state index < -0.39 is 5.41 Å². The third-order valence-corrected chi connectivity index (χ3v) is 3.92. The highest BCUT2D eigenvalue weighted by Crippen LogP contribution is 2.32. The molecule has 2 aromatic rings. The number of rotatable bonds is 5. The summed E-state index contributed by atoms with van der Waals surface area (Å²) >= 11 is 0. The topological polar surface area (TPSA) is 68.3 Å². The number of nitrogens with one attached hydrogen (secondary N) is 1. The summed E-state index contributed by atoms with van der Waals surface area (Å²) in [5.74, 6) is 0.956. The predicted octanol–water partition coefficient (Wildman–Crippen LogP) is 4.12. The van der Waals surface area contributed by atoms with Crippen LogP contribution >= 0.6 is 0 Å². The number of benzene rings is 1. The Balaban J connectivity index is 2.47. The SMILES string of the molecule is CCc1cc(-c2cccc(NC(=O)C(C)(C)C)n2)c(OC)cc1C=O. The standard InChI is InChI=1S/C20H24N2O3/c1-6-13-10-15(17(25-5)11-14(13)12-23)16-8-7-9-18(21-16)22-19(24)20(2,3)4/h7-12H,6H2,1-5H3,(H,21,22,24).